The van der Waals surface area contributed by atoms with Crippen molar-refractivity contribution in [3.05, 3.63) is 59.8 Å². The fourth-order valence-corrected chi connectivity index (χ4v) is 3.18. The second-order valence-corrected chi connectivity index (χ2v) is 6.17. The van der Waals surface area contributed by atoms with Crippen molar-refractivity contribution >= 4 is 28.3 Å². The Labute approximate surface area is 152 Å². The zero-order chi connectivity index (χ0) is 18.7. The maximum atomic E-state index is 12.5. The summed E-state index contributed by atoms with van der Waals surface area (Å²) >= 11 is 0. The highest BCUT2D eigenvalue weighted by atomic mass is 16.5. The van der Waals surface area contributed by atoms with Crippen LogP contribution < -0.4 is 10.1 Å². The third kappa shape index (κ3) is 3.47. The van der Waals surface area contributed by atoms with Crippen molar-refractivity contribution in [3.63, 3.8) is 0 Å². The lowest BCUT2D eigenvalue weighted by Crippen LogP contribution is -2.18. The molecule has 0 saturated carbocycles. The van der Waals surface area contributed by atoms with Crippen LogP contribution in [0.25, 0.3) is 10.9 Å². The zero-order valence-electron chi connectivity index (χ0n) is 15.2. The van der Waals surface area contributed by atoms with Gasteiger partial charge in [0.15, 0.2) is 5.78 Å². The molecule has 1 aromatic heterocycles. The summed E-state index contributed by atoms with van der Waals surface area (Å²) in [5.41, 5.74) is 3.38. The molecule has 0 radical (unpaired) electrons. The van der Waals surface area contributed by atoms with Gasteiger partial charge >= 0.3 is 0 Å². The minimum atomic E-state index is -0.156. The van der Waals surface area contributed by atoms with Gasteiger partial charge in [0.05, 0.1) is 12.6 Å². The van der Waals surface area contributed by atoms with Crippen LogP contribution in [0.5, 0.6) is 5.75 Å². The number of nitrogens with zero attached hydrogens (tertiary/aromatic N) is 1. The number of rotatable bonds is 6. The van der Waals surface area contributed by atoms with Gasteiger partial charge in [-0.3, -0.25) is 9.59 Å². The molecular formula is C21H22N2O3. The predicted molar refractivity (Wildman–Crippen MR) is 103 cm³/mol. The summed E-state index contributed by atoms with van der Waals surface area (Å²) in [6.45, 7) is 3.75. The summed E-state index contributed by atoms with van der Waals surface area (Å²) in [6.07, 6.45) is 2.60. The van der Waals surface area contributed by atoms with E-state index in [1.807, 2.05) is 41.0 Å². The highest BCUT2D eigenvalue weighted by Crippen LogP contribution is 2.26. The maximum Gasteiger partial charge on any atom is 0.244 e. The molecule has 3 aromatic rings. The van der Waals surface area contributed by atoms with E-state index in [2.05, 4.69) is 12.2 Å². The first-order chi connectivity index (χ1) is 12.5. The van der Waals surface area contributed by atoms with E-state index in [0.717, 1.165) is 22.9 Å². The van der Waals surface area contributed by atoms with Gasteiger partial charge in [0, 0.05) is 28.9 Å². The fraction of sp³-hybridized carbons (Fsp3) is 0.238. The Hall–Kier alpha value is -3.08. The number of hydrogen-bond acceptors (Lipinski definition) is 3. The van der Waals surface area contributed by atoms with Crippen LogP contribution in [0.15, 0.2) is 48.7 Å². The normalized spacial score (nSPS) is 10.7. The molecule has 0 bridgehead atoms. The topological polar surface area (TPSA) is 60.3 Å². The summed E-state index contributed by atoms with van der Waals surface area (Å²) in [6, 6.07) is 13.1. The Kier molecular flexibility index (Phi) is 5.07. The molecule has 0 unspecified atom stereocenters. The number of amides is 1. The van der Waals surface area contributed by atoms with Crippen molar-refractivity contribution in [1.29, 1.82) is 0 Å². The molecule has 26 heavy (non-hydrogen) atoms. The number of aromatic nitrogens is 1. The molecule has 5 nitrogen and oxygen atoms in total. The Morgan fingerprint density at radius 1 is 1.15 bits per heavy atom. The first-order valence-electron chi connectivity index (χ1n) is 8.59. The minimum Gasteiger partial charge on any atom is -0.497 e. The average Bonchev–Trinajstić information content (AvgIpc) is 3.00. The Balaban J connectivity index is 1.92. The standard InChI is InChI=1S/C21H22N2O3/c1-4-15-7-5-10-18-19(14(2)24)12-23(21(15)18)13-20(25)22-16-8-6-9-17(11-16)26-3/h5-12H,4,13H2,1-3H3,(H,22,25). The second kappa shape index (κ2) is 7.44. The van der Waals surface area contributed by atoms with E-state index in [4.69, 9.17) is 4.74 Å². The molecule has 5 heteroatoms. The Morgan fingerprint density at radius 3 is 2.62 bits per heavy atom. The van der Waals surface area contributed by atoms with Crippen LogP contribution in [0.4, 0.5) is 5.69 Å². The van der Waals surface area contributed by atoms with Gasteiger partial charge in [0.25, 0.3) is 0 Å². The number of fused-ring (bicyclic) bond motifs is 1. The number of nitrogens with one attached hydrogen (secondary N) is 1. The number of methoxy groups -OCH3 is 1. The van der Waals surface area contributed by atoms with Crippen molar-refractivity contribution in [3.8, 4) is 5.75 Å². The third-order valence-corrected chi connectivity index (χ3v) is 4.41. The number of ketones is 1. The zero-order valence-corrected chi connectivity index (χ0v) is 15.2. The number of Topliss-reactive ketones (excluding diaryl/α,β-unsaturated/α-hetero) is 1. The van der Waals surface area contributed by atoms with E-state index in [9.17, 15) is 9.59 Å². The molecule has 0 atom stereocenters. The summed E-state index contributed by atoms with van der Waals surface area (Å²) in [5.74, 6) is 0.521. The number of ether oxygens (including phenoxy) is 1. The number of benzene rings is 2. The van der Waals surface area contributed by atoms with Gasteiger partial charge in [-0.05, 0) is 31.0 Å². The van der Waals surface area contributed by atoms with Crippen LogP contribution in [0.1, 0.15) is 29.8 Å². The smallest absolute Gasteiger partial charge is 0.244 e. The van der Waals surface area contributed by atoms with E-state index in [-0.39, 0.29) is 18.2 Å². The molecule has 0 aliphatic heterocycles. The molecule has 0 aliphatic carbocycles. The molecule has 1 heterocycles. The van der Waals surface area contributed by atoms with E-state index in [0.29, 0.717) is 17.0 Å². The fourth-order valence-electron chi connectivity index (χ4n) is 3.18. The van der Waals surface area contributed by atoms with E-state index < -0.39 is 0 Å². The molecule has 0 spiro atoms. The predicted octanol–water partition coefficient (Wildman–Crippen LogP) is 4.05. The van der Waals surface area contributed by atoms with Gasteiger partial charge in [-0.15, -0.1) is 0 Å². The van der Waals surface area contributed by atoms with E-state index in [1.54, 1.807) is 26.3 Å². The van der Waals surface area contributed by atoms with Gasteiger partial charge in [-0.1, -0.05) is 31.2 Å². The lowest BCUT2D eigenvalue weighted by molar-refractivity contribution is -0.116. The van der Waals surface area contributed by atoms with Crippen molar-refractivity contribution < 1.29 is 14.3 Å². The van der Waals surface area contributed by atoms with Crippen LogP contribution in [-0.2, 0) is 17.8 Å². The molecule has 0 saturated heterocycles. The molecule has 0 fully saturated rings. The average molecular weight is 350 g/mol. The van der Waals surface area contributed by atoms with Crippen LogP contribution in [0.3, 0.4) is 0 Å². The van der Waals surface area contributed by atoms with E-state index in [1.165, 1.54) is 0 Å². The second-order valence-electron chi connectivity index (χ2n) is 6.17. The van der Waals surface area contributed by atoms with Crippen molar-refractivity contribution in [2.24, 2.45) is 0 Å². The monoisotopic (exact) mass is 350 g/mol. The van der Waals surface area contributed by atoms with Crippen molar-refractivity contribution in [2.45, 2.75) is 26.8 Å². The summed E-state index contributed by atoms with van der Waals surface area (Å²) < 4.78 is 7.04. The largest absolute Gasteiger partial charge is 0.497 e. The number of hydrogen-bond donors (Lipinski definition) is 1. The van der Waals surface area contributed by atoms with Gasteiger partial charge < -0.3 is 14.6 Å². The number of anilines is 1. The number of carbonyl (C=O) groups is 2. The molecule has 1 N–H and O–H groups in total. The number of para-hydroxylation sites is 1. The lowest BCUT2D eigenvalue weighted by Gasteiger charge is -2.10. The number of aryl methyl sites for hydroxylation is 1. The Bertz CT molecular complexity index is 973. The molecular weight excluding hydrogens is 328 g/mol. The van der Waals surface area contributed by atoms with Gasteiger partial charge in [0.2, 0.25) is 5.91 Å². The van der Waals surface area contributed by atoms with Crippen LogP contribution in [0.2, 0.25) is 0 Å². The van der Waals surface area contributed by atoms with E-state index >= 15 is 0 Å². The van der Waals surface area contributed by atoms with Gasteiger partial charge in [-0.25, -0.2) is 0 Å². The molecule has 3 rings (SSSR count). The highest BCUT2D eigenvalue weighted by Gasteiger charge is 2.16. The van der Waals surface area contributed by atoms with Gasteiger partial charge in [-0.2, -0.15) is 0 Å². The number of carbonyl (C=O) groups excluding carboxylic acids is 2. The van der Waals surface area contributed by atoms with Crippen LogP contribution >= 0.6 is 0 Å². The maximum absolute atomic E-state index is 12.5. The summed E-state index contributed by atoms with van der Waals surface area (Å²) in [7, 11) is 1.59. The first kappa shape index (κ1) is 17.7. The third-order valence-electron chi connectivity index (χ3n) is 4.41. The van der Waals surface area contributed by atoms with Crippen molar-refractivity contribution in [2.75, 3.05) is 12.4 Å². The van der Waals surface area contributed by atoms with Crippen LogP contribution in [0, 0.1) is 0 Å². The lowest BCUT2D eigenvalue weighted by atomic mass is 10.1. The Morgan fingerprint density at radius 2 is 1.92 bits per heavy atom. The highest BCUT2D eigenvalue weighted by molar-refractivity contribution is 6.08. The minimum absolute atomic E-state index is 0.00444. The molecule has 0 aliphatic rings. The van der Waals surface area contributed by atoms with Crippen molar-refractivity contribution in [1.82, 2.24) is 4.57 Å². The van der Waals surface area contributed by atoms with Gasteiger partial charge in [0.1, 0.15) is 12.3 Å². The quantitative estimate of drug-likeness (QED) is 0.682. The summed E-state index contributed by atoms with van der Waals surface area (Å²) in [5, 5.41) is 3.78. The first-order valence-corrected chi connectivity index (χ1v) is 8.59. The summed E-state index contributed by atoms with van der Waals surface area (Å²) in [4.78, 5) is 24.5. The molecule has 134 valence electrons. The molecule has 2 aromatic carbocycles. The molecule has 1 amide bonds. The van der Waals surface area contributed by atoms with Crippen LogP contribution in [-0.4, -0.2) is 23.4 Å². The SMILES string of the molecule is CCc1cccc2c(C(C)=O)cn(CC(=O)Nc3cccc(OC)c3)c12.